The molecule has 0 aromatic heterocycles. The zero-order valence-corrected chi connectivity index (χ0v) is 10.1. The highest BCUT2D eigenvalue weighted by molar-refractivity contribution is 5.38. The third kappa shape index (κ3) is 3.11. The molecule has 3 N–H and O–H groups in total. The lowest BCUT2D eigenvalue weighted by Crippen LogP contribution is -2.46. The number of ether oxygens (including phenoxy) is 1. The lowest BCUT2D eigenvalue weighted by atomic mass is 9.92. The van der Waals surface area contributed by atoms with Crippen molar-refractivity contribution in [3.8, 4) is 11.5 Å². The van der Waals surface area contributed by atoms with Crippen LogP contribution in [0.3, 0.4) is 0 Å². The zero-order chi connectivity index (χ0) is 12.3. The molecule has 0 radical (unpaired) electrons. The summed E-state index contributed by atoms with van der Waals surface area (Å²) in [6.07, 6.45) is 1.96. The first-order chi connectivity index (χ1) is 8.09. The molecule has 1 aromatic rings. The highest BCUT2D eigenvalue weighted by atomic mass is 16.5. The number of hydrogen-bond acceptors (Lipinski definition) is 4. The molecule has 0 amide bonds. The molecule has 0 spiro atoms. The second kappa shape index (κ2) is 4.94. The van der Waals surface area contributed by atoms with E-state index in [4.69, 9.17) is 4.74 Å². The van der Waals surface area contributed by atoms with Gasteiger partial charge in [0.25, 0.3) is 0 Å². The maximum Gasteiger partial charge on any atom is 0.123 e. The summed E-state index contributed by atoms with van der Waals surface area (Å²) in [4.78, 5) is 0. The summed E-state index contributed by atoms with van der Waals surface area (Å²) in [5.41, 5.74) is 0.873. The first-order valence-corrected chi connectivity index (χ1v) is 5.93. The third-order valence-corrected chi connectivity index (χ3v) is 3.37. The van der Waals surface area contributed by atoms with Crippen molar-refractivity contribution in [2.45, 2.75) is 31.8 Å². The van der Waals surface area contributed by atoms with Crippen molar-refractivity contribution in [1.82, 2.24) is 5.32 Å². The highest BCUT2D eigenvalue weighted by Gasteiger charge is 2.26. The van der Waals surface area contributed by atoms with Gasteiger partial charge in [-0.3, -0.25) is 0 Å². The van der Waals surface area contributed by atoms with Gasteiger partial charge in [0.1, 0.15) is 11.5 Å². The van der Waals surface area contributed by atoms with Gasteiger partial charge in [0.2, 0.25) is 0 Å². The molecule has 1 heterocycles. The zero-order valence-electron chi connectivity index (χ0n) is 10.1. The maximum atomic E-state index is 9.68. The van der Waals surface area contributed by atoms with Crippen LogP contribution in [0.1, 0.15) is 25.3 Å². The summed E-state index contributed by atoms with van der Waals surface area (Å²) in [6, 6.07) is 4.69. The van der Waals surface area contributed by atoms with Gasteiger partial charge in [-0.05, 0) is 25.8 Å². The second-order valence-corrected chi connectivity index (χ2v) is 4.84. The molecule has 0 unspecified atom stereocenters. The number of aromatic hydroxyl groups is 2. The van der Waals surface area contributed by atoms with Crippen LogP contribution in [-0.4, -0.2) is 29.0 Å². The lowest BCUT2D eigenvalue weighted by Gasteiger charge is -2.34. The molecule has 1 aromatic carbocycles. The SMILES string of the molecule is CC1(NCc2ccc(O)cc2O)CCOCC1. The van der Waals surface area contributed by atoms with Gasteiger partial charge in [0, 0.05) is 36.9 Å². The van der Waals surface area contributed by atoms with Crippen molar-refractivity contribution in [3.63, 3.8) is 0 Å². The van der Waals surface area contributed by atoms with E-state index in [9.17, 15) is 10.2 Å². The molecule has 0 aliphatic carbocycles. The van der Waals surface area contributed by atoms with E-state index >= 15 is 0 Å². The van der Waals surface area contributed by atoms with E-state index in [1.165, 1.54) is 6.07 Å². The number of rotatable bonds is 3. The van der Waals surface area contributed by atoms with Gasteiger partial charge in [0.05, 0.1) is 0 Å². The molecule has 17 heavy (non-hydrogen) atoms. The van der Waals surface area contributed by atoms with Gasteiger partial charge in [0.15, 0.2) is 0 Å². The number of phenols is 2. The molecular weight excluding hydrogens is 218 g/mol. The predicted octanol–water partition coefficient (Wildman–Crippen LogP) is 1.76. The normalized spacial score (nSPS) is 19.1. The van der Waals surface area contributed by atoms with E-state index in [1.54, 1.807) is 12.1 Å². The van der Waals surface area contributed by atoms with Gasteiger partial charge < -0.3 is 20.3 Å². The van der Waals surface area contributed by atoms with Crippen LogP contribution in [0.15, 0.2) is 18.2 Å². The highest BCUT2D eigenvalue weighted by Crippen LogP contribution is 2.25. The summed E-state index contributed by atoms with van der Waals surface area (Å²) < 4.78 is 5.33. The van der Waals surface area contributed by atoms with Crippen molar-refractivity contribution in [3.05, 3.63) is 23.8 Å². The van der Waals surface area contributed by atoms with E-state index in [0.717, 1.165) is 31.6 Å². The molecule has 4 heteroatoms. The van der Waals surface area contributed by atoms with Gasteiger partial charge in [-0.25, -0.2) is 0 Å². The van der Waals surface area contributed by atoms with E-state index in [0.29, 0.717) is 6.54 Å². The Morgan fingerprint density at radius 3 is 2.65 bits per heavy atom. The first-order valence-electron chi connectivity index (χ1n) is 5.93. The number of hydrogen-bond donors (Lipinski definition) is 3. The third-order valence-electron chi connectivity index (χ3n) is 3.37. The average molecular weight is 237 g/mol. The van der Waals surface area contributed by atoms with Crippen LogP contribution >= 0.6 is 0 Å². The van der Waals surface area contributed by atoms with E-state index in [1.807, 2.05) is 0 Å². The maximum absolute atomic E-state index is 9.68. The van der Waals surface area contributed by atoms with Crippen LogP contribution in [0, 0.1) is 0 Å². The fraction of sp³-hybridized carbons (Fsp3) is 0.538. The van der Waals surface area contributed by atoms with Crippen LogP contribution in [0.25, 0.3) is 0 Å². The summed E-state index contributed by atoms with van der Waals surface area (Å²) in [7, 11) is 0. The molecule has 0 bridgehead atoms. The minimum Gasteiger partial charge on any atom is -0.508 e. The number of nitrogens with one attached hydrogen (secondary N) is 1. The monoisotopic (exact) mass is 237 g/mol. The van der Waals surface area contributed by atoms with Crippen molar-refractivity contribution in [2.24, 2.45) is 0 Å². The Bertz CT molecular complexity index is 386. The predicted molar refractivity (Wildman–Crippen MR) is 65.1 cm³/mol. The van der Waals surface area contributed by atoms with Crippen molar-refractivity contribution in [1.29, 1.82) is 0 Å². The van der Waals surface area contributed by atoms with Crippen LogP contribution < -0.4 is 5.32 Å². The Hall–Kier alpha value is -1.26. The first kappa shape index (κ1) is 12.2. The minimum absolute atomic E-state index is 0.0720. The topological polar surface area (TPSA) is 61.7 Å². The van der Waals surface area contributed by atoms with E-state index < -0.39 is 0 Å². The molecule has 1 aliphatic heterocycles. The van der Waals surface area contributed by atoms with Crippen molar-refractivity contribution >= 4 is 0 Å². The fourth-order valence-electron chi connectivity index (χ4n) is 2.01. The van der Waals surface area contributed by atoms with Crippen molar-refractivity contribution < 1.29 is 14.9 Å². The van der Waals surface area contributed by atoms with Gasteiger partial charge in [-0.1, -0.05) is 6.07 Å². The Labute approximate surface area is 101 Å². The van der Waals surface area contributed by atoms with Crippen LogP contribution in [0.4, 0.5) is 0 Å². The molecule has 1 saturated heterocycles. The van der Waals surface area contributed by atoms with Gasteiger partial charge in [-0.2, -0.15) is 0 Å². The quantitative estimate of drug-likeness (QED) is 0.749. The summed E-state index contributed by atoms with van der Waals surface area (Å²) in [5.74, 6) is 0.219. The average Bonchev–Trinajstić information content (AvgIpc) is 2.29. The molecular formula is C13H19NO3. The fourth-order valence-corrected chi connectivity index (χ4v) is 2.01. The Kier molecular flexibility index (Phi) is 3.54. The smallest absolute Gasteiger partial charge is 0.123 e. The minimum atomic E-state index is 0.0720. The second-order valence-electron chi connectivity index (χ2n) is 4.84. The molecule has 4 nitrogen and oxygen atoms in total. The Balaban J connectivity index is 1.97. The van der Waals surface area contributed by atoms with Crippen LogP contribution in [-0.2, 0) is 11.3 Å². The number of phenolic OH excluding ortho intramolecular Hbond substituents is 2. The molecule has 94 valence electrons. The molecule has 1 aliphatic rings. The summed E-state index contributed by atoms with van der Waals surface area (Å²) in [6.45, 7) is 4.34. The van der Waals surface area contributed by atoms with Crippen LogP contribution in [0.2, 0.25) is 0 Å². The molecule has 0 atom stereocenters. The summed E-state index contributed by atoms with van der Waals surface area (Å²) in [5, 5.41) is 22.3. The Morgan fingerprint density at radius 2 is 2.00 bits per heavy atom. The van der Waals surface area contributed by atoms with E-state index in [2.05, 4.69) is 12.2 Å². The van der Waals surface area contributed by atoms with E-state index in [-0.39, 0.29) is 17.0 Å². The standard InChI is InChI=1S/C13H19NO3/c1-13(4-6-17-7-5-13)14-9-10-2-3-11(15)8-12(10)16/h2-3,8,14-16H,4-7,9H2,1H3. The lowest BCUT2D eigenvalue weighted by molar-refractivity contribution is 0.0445. The van der Waals surface area contributed by atoms with Crippen LogP contribution in [0.5, 0.6) is 11.5 Å². The van der Waals surface area contributed by atoms with Gasteiger partial charge in [-0.15, -0.1) is 0 Å². The summed E-state index contributed by atoms with van der Waals surface area (Å²) >= 11 is 0. The largest absolute Gasteiger partial charge is 0.508 e. The number of benzene rings is 1. The molecule has 1 fully saturated rings. The van der Waals surface area contributed by atoms with Crippen molar-refractivity contribution in [2.75, 3.05) is 13.2 Å². The molecule has 2 rings (SSSR count). The Morgan fingerprint density at radius 1 is 1.29 bits per heavy atom. The van der Waals surface area contributed by atoms with Gasteiger partial charge >= 0.3 is 0 Å². The molecule has 0 saturated carbocycles.